The number of likely N-dealkylation sites (N-methyl/N-ethyl adjacent to an activating group) is 1. The van der Waals surface area contributed by atoms with E-state index in [1.165, 1.54) is 0 Å². The summed E-state index contributed by atoms with van der Waals surface area (Å²) in [5.74, 6) is 5.76. The second kappa shape index (κ2) is 7.82. The first kappa shape index (κ1) is 15.6. The van der Waals surface area contributed by atoms with Crippen molar-refractivity contribution < 1.29 is 9.90 Å². The van der Waals surface area contributed by atoms with Crippen molar-refractivity contribution in [3.8, 4) is 11.8 Å². The molecule has 1 heterocycles. The lowest BCUT2D eigenvalue weighted by molar-refractivity contribution is 0.0912. The van der Waals surface area contributed by atoms with Crippen molar-refractivity contribution in [3.05, 3.63) is 35.4 Å². The molecule has 4 heteroatoms. The lowest BCUT2D eigenvalue weighted by Gasteiger charge is -2.30. The van der Waals surface area contributed by atoms with Crippen molar-refractivity contribution in [3.63, 3.8) is 0 Å². The first-order chi connectivity index (χ1) is 10.2. The van der Waals surface area contributed by atoms with E-state index >= 15 is 0 Å². The fourth-order valence-electron chi connectivity index (χ4n) is 2.55. The fraction of sp³-hybridized carbons (Fsp3) is 0.471. The van der Waals surface area contributed by atoms with E-state index < -0.39 is 0 Å². The van der Waals surface area contributed by atoms with Crippen LogP contribution in [0.25, 0.3) is 0 Å². The van der Waals surface area contributed by atoms with E-state index in [2.05, 4.69) is 29.1 Å². The van der Waals surface area contributed by atoms with Crippen molar-refractivity contribution in [2.24, 2.45) is 0 Å². The van der Waals surface area contributed by atoms with Gasteiger partial charge in [-0.05, 0) is 38.6 Å². The molecule has 0 spiro atoms. The van der Waals surface area contributed by atoms with Gasteiger partial charge < -0.3 is 15.3 Å². The van der Waals surface area contributed by atoms with E-state index in [4.69, 9.17) is 5.11 Å². The Hall–Kier alpha value is -1.83. The maximum absolute atomic E-state index is 12.4. The first-order valence-electron chi connectivity index (χ1n) is 7.39. The van der Waals surface area contributed by atoms with Gasteiger partial charge in [0.2, 0.25) is 0 Å². The molecule has 112 valence electrons. The van der Waals surface area contributed by atoms with Crippen LogP contribution in [0.3, 0.4) is 0 Å². The lowest BCUT2D eigenvalue weighted by atomic mass is 10.0. The van der Waals surface area contributed by atoms with E-state index in [0.29, 0.717) is 17.5 Å². The third kappa shape index (κ3) is 4.59. The van der Waals surface area contributed by atoms with Gasteiger partial charge in [0.1, 0.15) is 0 Å². The quantitative estimate of drug-likeness (QED) is 0.822. The van der Waals surface area contributed by atoms with Gasteiger partial charge in [-0.1, -0.05) is 24.0 Å². The molecule has 1 fully saturated rings. The number of nitrogens with zero attached hydrogens (tertiary/aromatic N) is 1. The summed E-state index contributed by atoms with van der Waals surface area (Å²) in [5, 5.41) is 11.9. The van der Waals surface area contributed by atoms with Gasteiger partial charge in [-0.3, -0.25) is 4.79 Å². The van der Waals surface area contributed by atoms with Gasteiger partial charge in [0.25, 0.3) is 5.91 Å². The van der Waals surface area contributed by atoms with Gasteiger partial charge in [0, 0.05) is 24.6 Å². The lowest BCUT2D eigenvalue weighted by Crippen LogP contribution is -2.46. The zero-order valence-electron chi connectivity index (χ0n) is 12.4. The van der Waals surface area contributed by atoms with Crippen molar-refractivity contribution in [1.82, 2.24) is 10.2 Å². The number of benzene rings is 1. The highest BCUT2D eigenvalue weighted by Gasteiger charge is 2.20. The van der Waals surface area contributed by atoms with E-state index in [-0.39, 0.29) is 18.6 Å². The predicted octanol–water partition coefficient (Wildman–Crippen LogP) is 1.24. The fourth-order valence-corrected chi connectivity index (χ4v) is 2.55. The van der Waals surface area contributed by atoms with Gasteiger partial charge in [0.15, 0.2) is 0 Å². The summed E-state index contributed by atoms with van der Waals surface area (Å²) in [5.41, 5.74) is 1.32. The molecule has 0 aliphatic carbocycles. The molecule has 4 nitrogen and oxygen atoms in total. The number of aliphatic hydroxyl groups is 1. The van der Waals surface area contributed by atoms with Gasteiger partial charge in [-0.2, -0.15) is 0 Å². The zero-order valence-corrected chi connectivity index (χ0v) is 12.4. The summed E-state index contributed by atoms with van der Waals surface area (Å²) in [6.45, 7) is 2.02. The number of piperidine rings is 1. The number of hydrogen-bond donors (Lipinski definition) is 2. The number of hydrogen-bond acceptors (Lipinski definition) is 3. The van der Waals surface area contributed by atoms with Crippen LogP contribution in [-0.4, -0.2) is 48.7 Å². The summed E-state index contributed by atoms with van der Waals surface area (Å²) in [7, 11) is 2.08. The molecule has 1 amide bonds. The Bertz CT molecular complexity index is 545. The highest BCUT2D eigenvalue weighted by atomic mass is 16.2. The second-order valence-electron chi connectivity index (χ2n) is 5.40. The maximum Gasteiger partial charge on any atom is 0.252 e. The molecule has 0 radical (unpaired) electrons. The van der Waals surface area contributed by atoms with E-state index in [9.17, 15) is 4.79 Å². The Balaban J connectivity index is 2.07. The molecular formula is C17H22N2O2. The number of nitrogens with one attached hydrogen (secondary N) is 1. The number of carbonyl (C=O) groups is 1. The smallest absolute Gasteiger partial charge is 0.252 e. The number of amides is 1. The largest absolute Gasteiger partial charge is 0.395 e. The monoisotopic (exact) mass is 286 g/mol. The number of likely N-dealkylation sites (tertiary alicyclic amines) is 1. The molecule has 1 aliphatic rings. The van der Waals surface area contributed by atoms with E-state index in [1.807, 2.05) is 18.2 Å². The highest BCUT2D eigenvalue weighted by Crippen LogP contribution is 2.11. The average molecular weight is 286 g/mol. The van der Waals surface area contributed by atoms with Crippen molar-refractivity contribution in [1.29, 1.82) is 0 Å². The van der Waals surface area contributed by atoms with Crippen molar-refractivity contribution >= 4 is 5.91 Å². The molecule has 1 atom stereocenters. The molecule has 1 aliphatic heterocycles. The highest BCUT2D eigenvalue weighted by molar-refractivity contribution is 5.96. The Morgan fingerprint density at radius 2 is 2.29 bits per heavy atom. The van der Waals surface area contributed by atoms with Gasteiger partial charge in [0.05, 0.1) is 12.2 Å². The zero-order chi connectivity index (χ0) is 15.1. The van der Waals surface area contributed by atoms with E-state index in [0.717, 1.165) is 25.9 Å². The molecule has 1 aromatic carbocycles. The molecule has 0 bridgehead atoms. The summed E-state index contributed by atoms with van der Waals surface area (Å²) < 4.78 is 0. The van der Waals surface area contributed by atoms with Crippen LogP contribution in [-0.2, 0) is 0 Å². The molecule has 0 saturated carbocycles. The molecule has 1 saturated heterocycles. The average Bonchev–Trinajstić information content (AvgIpc) is 2.48. The molecule has 1 unspecified atom stereocenters. The normalized spacial score (nSPS) is 18.7. The van der Waals surface area contributed by atoms with Crippen LogP contribution >= 0.6 is 0 Å². The predicted molar refractivity (Wildman–Crippen MR) is 83.0 cm³/mol. The molecule has 2 N–H and O–H groups in total. The topological polar surface area (TPSA) is 52.6 Å². The van der Waals surface area contributed by atoms with Crippen LogP contribution in [0.5, 0.6) is 0 Å². The van der Waals surface area contributed by atoms with Gasteiger partial charge in [-0.25, -0.2) is 0 Å². The standard InChI is InChI=1S/C17H22N2O2/c1-19-11-6-9-15(13-19)18-17(21)16-10-3-2-7-14(16)8-4-5-12-20/h2-3,7,10,15,20H,5-6,9,11-13H2,1H3,(H,18,21). The second-order valence-corrected chi connectivity index (χ2v) is 5.40. The maximum atomic E-state index is 12.4. The Morgan fingerprint density at radius 3 is 3.05 bits per heavy atom. The van der Waals surface area contributed by atoms with Gasteiger partial charge in [-0.15, -0.1) is 0 Å². The third-order valence-electron chi connectivity index (χ3n) is 3.59. The number of rotatable bonds is 3. The van der Waals surface area contributed by atoms with Crippen LogP contribution in [0.1, 0.15) is 35.2 Å². The molecule has 0 aromatic heterocycles. The molecular weight excluding hydrogens is 264 g/mol. The number of carbonyl (C=O) groups excluding carboxylic acids is 1. The minimum atomic E-state index is -0.0656. The SMILES string of the molecule is CN1CCCC(NC(=O)c2ccccc2C#CCCO)C1. The Kier molecular flexibility index (Phi) is 5.79. The van der Waals surface area contributed by atoms with E-state index in [1.54, 1.807) is 6.07 Å². The Labute approximate surface area is 126 Å². The van der Waals surface area contributed by atoms with Gasteiger partial charge >= 0.3 is 0 Å². The van der Waals surface area contributed by atoms with Crippen molar-refractivity contribution in [2.45, 2.75) is 25.3 Å². The van der Waals surface area contributed by atoms with Crippen molar-refractivity contribution in [2.75, 3.05) is 26.7 Å². The molecule has 1 aromatic rings. The molecule has 21 heavy (non-hydrogen) atoms. The summed E-state index contributed by atoms with van der Waals surface area (Å²) in [4.78, 5) is 14.7. The van der Waals surface area contributed by atoms with Crippen LogP contribution in [0.15, 0.2) is 24.3 Å². The molecule has 2 rings (SSSR count). The van der Waals surface area contributed by atoms with Crippen LogP contribution in [0.4, 0.5) is 0 Å². The Morgan fingerprint density at radius 1 is 1.48 bits per heavy atom. The minimum Gasteiger partial charge on any atom is -0.395 e. The summed E-state index contributed by atoms with van der Waals surface area (Å²) >= 11 is 0. The summed E-state index contributed by atoms with van der Waals surface area (Å²) in [6.07, 6.45) is 2.55. The first-order valence-corrected chi connectivity index (χ1v) is 7.39. The van der Waals surface area contributed by atoms with Crippen LogP contribution < -0.4 is 5.32 Å². The number of aliphatic hydroxyl groups excluding tert-OH is 1. The third-order valence-corrected chi connectivity index (χ3v) is 3.59. The van der Waals surface area contributed by atoms with Crippen LogP contribution in [0, 0.1) is 11.8 Å². The van der Waals surface area contributed by atoms with Crippen LogP contribution in [0.2, 0.25) is 0 Å². The summed E-state index contributed by atoms with van der Waals surface area (Å²) in [6, 6.07) is 7.55. The minimum absolute atomic E-state index is 0.0375.